The molecule has 0 saturated heterocycles. The van der Waals surface area contributed by atoms with Gasteiger partial charge < -0.3 is 10.6 Å². The second-order valence-corrected chi connectivity index (χ2v) is 5.01. The van der Waals surface area contributed by atoms with Gasteiger partial charge in [0.15, 0.2) is 0 Å². The van der Waals surface area contributed by atoms with Gasteiger partial charge in [0.2, 0.25) is 0 Å². The molecule has 1 amide bonds. The number of amides is 1. The maximum atomic E-state index is 11.8. The second-order valence-electron chi connectivity index (χ2n) is 3.84. The number of hydrogen-bond donors (Lipinski definition) is 2. The Morgan fingerprint density at radius 1 is 1.31 bits per heavy atom. The van der Waals surface area contributed by atoms with E-state index in [1.807, 2.05) is 24.3 Å². The van der Waals surface area contributed by atoms with Crippen LogP contribution < -0.4 is 10.6 Å². The third-order valence-electron chi connectivity index (χ3n) is 2.08. The van der Waals surface area contributed by atoms with Crippen LogP contribution in [0.25, 0.3) is 0 Å². The number of carbonyl (C=O) groups excluding carboxylic acids is 1. The summed E-state index contributed by atoms with van der Waals surface area (Å²) in [5.41, 5.74) is 0.743. The van der Waals surface area contributed by atoms with E-state index in [9.17, 15) is 4.79 Å². The van der Waals surface area contributed by atoms with Crippen LogP contribution in [0.15, 0.2) is 24.3 Å². The molecule has 0 aliphatic heterocycles. The average Bonchev–Trinajstić information content (AvgIpc) is 2.24. The highest BCUT2D eigenvalue weighted by Gasteiger charge is 2.07. The number of nitrogens with one attached hydrogen (secondary N) is 2. The van der Waals surface area contributed by atoms with Gasteiger partial charge in [-0.1, -0.05) is 26.0 Å². The minimum absolute atomic E-state index is 0.00411. The highest BCUT2D eigenvalue weighted by atomic mass is 127. The summed E-state index contributed by atoms with van der Waals surface area (Å²) >= 11 is 2.17. The fourth-order valence-electron chi connectivity index (χ4n) is 1.28. The summed E-state index contributed by atoms with van der Waals surface area (Å²) in [4.78, 5) is 11.8. The normalized spacial score (nSPS) is 10.5. The fourth-order valence-corrected chi connectivity index (χ4v) is 1.91. The zero-order valence-corrected chi connectivity index (χ0v) is 11.7. The van der Waals surface area contributed by atoms with Crippen LogP contribution in [0.4, 0.5) is 0 Å². The largest absolute Gasteiger partial charge is 0.351 e. The molecule has 0 bridgehead atoms. The van der Waals surface area contributed by atoms with Crippen molar-refractivity contribution in [1.82, 2.24) is 10.6 Å². The Morgan fingerprint density at radius 3 is 2.62 bits per heavy atom. The molecule has 0 radical (unpaired) electrons. The lowest BCUT2D eigenvalue weighted by Crippen LogP contribution is -2.34. The maximum absolute atomic E-state index is 11.8. The Bertz CT molecular complexity index is 353. The predicted octanol–water partition coefficient (Wildman–Crippen LogP) is 2.02. The molecule has 1 rings (SSSR count). The van der Waals surface area contributed by atoms with E-state index in [0.29, 0.717) is 12.6 Å². The molecule has 0 aromatic heterocycles. The zero-order valence-electron chi connectivity index (χ0n) is 9.59. The molecule has 0 aliphatic carbocycles. The van der Waals surface area contributed by atoms with Crippen LogP contribution in [0, 0.1) is 3.57 Å². The summed E-state index contributed by atoms with van der Waals surface area (Å²) in [6.07, 6.45) is 0. The molecule has 0 aliphatic rings. The van der Waals surface area contributed by atoms with E-state index in [1.54, 1.807) is 0 Å². The Labute approximate surface area is 110 Å². The molecule has 0 atom stereocenters. The van der Waals surface area contributed by atoms with Gasteiger partial charge in [-0.05, 0) is 34.7 Å². The minimum Gasteiger partial charge on any atom is -0.351 e. The van der Waals surface area contributed by atoms with Crippen LogP contribution in [-0.2, 0) is 0 Å². The quantitative estimate of drug-likeness (QED) is 0.640. The molecule has 4 heteroatoms. The lowest BCUT2D eigenvalue weighted by molar-refractivity contribution is 0.0953. The van der Waals surface area contributed by atoms with Crippen molar-refractivity contribution >= 4 is 28.5 Å². The Kier molecular flexibility index (Phi) is 5.76. The monoisotopic (exact) mass is 332 g/mol. The van der Waals surface area contributed by atoms with Gasteiger partial charge in [0.25, 0.3) is 5.91 Å². The van der Waals surface area contributed by atoms with Crippen LogP contribution >= 0.6 is 22.6 Å². The molecule has 1 aromatic rings. The van der Waals surface area contributed by atoms with Crippen LogP contribution in [0.2, 0.25) is 0 Å². The molecule has 0 saturated carbocycles. The van der Waals surface area contributed by atoms with Gasteiger partial charge in [0.05, 0.1) is 5.56 Å². The smallest absolute Gasteiger partial charge is 0.252 e. The Morgan fingerprint density at radius 2 is 2.00 bits per heavy atom. The van der Waals surface area contributed by atoms with Crippen LogP contribution in [0.1, 0.15) is 24.2 Å². The highest BCUT2D eigenvalue weighted by molar-refractivity contribution is 14.1. The van der Waals surface area contributed by atoms with E-state index in [1.165, 1.54) is 0 Å². The second kappa shape index (κ2) is 6.85. The molecule has 88 valence electrons. The van der Waals surface area contributed by atoms with Gasteiger partial charge in [0.1, 0.15) is 0 Å². The lowest BCUT2D eigenvalue weighted by Gasteiger charge is -2.09. The third kappa shape index (κ3) is 4.49. The van der Waals surface area contributed by atoms with Gasteiger partial charge in [-0.25, -0.2) is 0 Å². The molecule has 0 unspecified atom stereocenters. The molecule has 0 heterocycles. The van der Waals surface area contributed by atoms with Crippen molar-refractivity contribution in [2.24, 2.45) is 0 Å². The van der Waals surface area contributed by atoms with Crippen LogP contribution in [0.3, 0.4) is 0 Å². The Balaban J connectivity index is 2.39. The van der Waals surface area contributed by atoms with E-state index in [4.69, 9.17) is 0 Å². The number of hydrogen-bond acceptors (Lipinski definition) is 2. The van der Waals surface area contributed by atoms with Crippen molar-refractivity contribution in [2.75, 3.05) is 13.1 Å². The first-order valence-electron chi connectivity index (χ1n) is 5.37. The maximum Gasteiger partial charge on any atom is 0.252 e. The average molecular weight is 332 g/mol. The van der Waals surface area contributed by atoms with E-state index in [-0.39, 0.29) is 5.91 Å². The standard InChI is InChI=1S/C12H17IN2O/c1-9(2)14-7-8-15-12(16)10-5-3-4-6-11(10)13/h3-6,9,14H,7-8H2,1-2H3,(H,15,16). The highest BCUT2D eigenvalue weighted by Crippen LogP contribution is 2.10. The summed E-state index contributed by atoms with van der Waals surface area (Å²) in [6.45, 7) is 5.62. The van der Waals surface area contributed by atoms with Crippen molar-refractivity contribution in [2.45, 2.75) is 19.9 Å². The number of benzene rings is 1. The van der Waals surface area contributed by atoms with Gasteiger partial charge in [-0.2, -0.15) is 0 Å². The molecule has 0 fully saturated rings. The van der Waals surface area contributed by atoms with Gasteiger partial charge >= 0.3 is 0 Å². The van der Waals surface area contributed by atoms with Crippen molar-refractivity contribution < 1.29 is 4.79 Å². The van der Waals surface area contributed by atoms with Crippen molar-refractivity contribution in [3.63, 3.8) is 0 Å². The first kappa shape index (κ1) is 13.4. The molecular formula is C12H17IN2O. The molecule has 1 aromatic carbocycles. The lowest BCUT2D eigenvalue weighted by atomic mass is 10.2. The topological polar surface area (TPSA) is 41.1 Å². The van der Waals surface area contributed by atoms with E-state index in [0.717, 1.165) is 15.7 Å². The molecular weight excluding hydrogens is 315 g/mol. The first-order valence-corrected chi connectivity index (χ1v) is 6.45. The summed E-state index contributed by atoms with van der Waals surface area (Å²) in [7, 11) is 0. The van der Waals surface area contributed by atoms with Gasteiger partial charge in [-0.3, -0.25) is 4.79 Å². The molecule has 16 heavy (non-hydrogen) atoms. The number of halogens is 1. The van der Waals surface area contributed by atoms with Gasteiger partial charge in [0, 0.05) is 22.7 Å². The SMILES string of the molecule is CC(C)NCCNC(=O)c1ccccc1I. The number of rotatable bonds is 5. The molecule has 3 nitrogen and oxygen atoms in total. The van der Waals surface area contributed by atoms with Crippen molar-refractivity contribution in [3.05, 3.63) is 33.4 Å². The summed E-state index contributed by atoms with van der Waals surface area (Å²) in [6, 6.07) is 8.03. The van der Waals surface area contributed by atoms with Crippen molar-refractivity contribution in [1.29, 1.82) is 0 Å². The summed E-state index contributed by atoms with van der Waals surface area (Å²) in [5, 5.41) is 6.14. The Hall–Kier alpha value is -0.620. The predicted molar refractivity (Wildman–Crippen MR) is 74.6 cm³/mol. The van der Waals surface area contributed by atoms with Gasteiger partial charge in [-0.15, -0.1) is 0 Å². The first-order chi connectivity index (χ1) is 7.61. The zero-order chi connectivity index (χ0) is 12.0. The van der Waals surface area contributed by atoms with Crippen molar-refractivity contribution in [3.8, 4) is 0 Å². The van der Waals surface area contributed by atoms with E-state index >= 15 is 0 Å². The van der Waals surface area contributed by atoms with Crippen LogP contribution in [0.5, 0.6) is 0 Å². The third-order valence-corrected chi connectivity index (χ3v) is 3.02. The number of carbonyl (C=O) groups is 1. The fraction of sp³-hybridized carbons (Fsp3) is 0.417. The van der Waals surface area contributed by atoms with E-state index < -0.39 is 0 Å². The van der Waals surface area contributed by atoms with Crippen LogP contribution in [-0.4, -0.2) is 25.0 Å². The minimum atomic E-state index is -0.00411. The summed E-state index contributed by atoms with van der Waals surface area (Å²) < 4.78 is 0.981. The molecule has 2 N–H and O–H groups in total. The summed E-state index contributed by atoms with van der Waals surface area (Å²) in [5.74, 6) is -0.00411. The molecule has 0 spiro atoms. The van der Waals surface area contributed by atoms with E-state index in [2.05, 4.69) is 47.1 Å².